The van der Waals surface area contributed by atoms with Crippen LogP contribution in [-0.4, -0.2) is 32.0 Å². The molecule has 2 unspecified atom stereocenters. The van der Waals surface area contributed by atoms with Crippen molar-refractivity contribution in [3.63, 3.8) is 0 Å². The quantitative estimate of drug-likeness (QED) is 0.651. The molecule has 0 radical (unpaired) electrons. The molecule has 1 aromatic carbocycles. The van der Waals surface area contributed by atoms with Crippen LogP contribution in [0.3, 0.4) is 0 Å². The molecule has 4 heteroatoms. The Kier molecular flexibility index (Phi) is 8.16. The van der Waals surface area contributed by atoms with E-state index >= 15 is 0 Å². The van der Waals surface area contributed by atoms with E-state index in [9.17, 15) is 5.11 Å². The van der Waals surface area contributed by atoms with E-state index in [2.05, 4.69) is 6.92 Å². The lowest BCUT2D eigenvalue weighted by Gasteiger charge is -2.23. The molecule has 0 aliphatic rings. The van der Waals surface area contributed by atoms with Crippen LogP contribution >= 0.6 is 0 Å². The Balaban J connectivity index is 2.74. The van der Waals surface area contributed by atoms with Gasteiger partial charge in [-0.15, -0.1) is 0 Å². The molecule has 0 bridgehead atoms. The summed E-state index contributed by atoms with van der Waals surface area (Å²) >= 11 is 0. The van der Waals surface area contributed by atoms with Crippen LogP contribution in [0.2, 0.25) is 0 Å². The maximum absolute atomic E-state index is 10.4. The third-order valence-corrected chi connectivity index (χ3v) is 3.91. The molecule has 1 aromatic rings. The molecule has 1 rings (SSSR count). The second-order valence-corrected chi connectivity index (χ2v) is 5.37. The van der Waals surface area contributed by atoms with Gasteiger partial charge in [-0.25, -0.2) is 0 Å². The molecule has 21 heavy (non-hydrogen) atoms. The molecule has 4 nitrogen and oxygen atoms in total. The van der Waals surface area contributed by atoms with Gasteiger partial charge in [0.15, 0.2) is 11.5 Å². The van der Waals surface area contributed by atoms with E-state index in [1.165, 1.54) is 12.8 Å². The summed E-state index contributed by atoms with van der Waals surface area (Å²) in [5, 5.41) is 10.4. The van der Waals surface area contributed by atoms with Gasteiger partial charge in [0.1, 0.15) is 0 Å². The van der Waals surface area contributed by atoms with Crippen LogP contribution in [-0.2, 0) is 0 Å². The highest BCUT2D eigenvalue weighted by atomic mass is 16.5. The topological polar surface area (TPSA) is 64.7 Å². The van der Waals surface area contributed by atoms with Crippen molar-refractivity contribution in [1.82, 2.24) is 0 Å². The van der Waals surface area contributed by atoms with Gasteiger partial charge in [0.05, 0.1) is 20.3 Å². The Morgan fingerprint density at radius 1 is 1.10 bits per heavy atom. The van der Waals surface area contributed by atoms with E-state index in [0.29, 0.717) is 18.0 Å². The van der Waals surface area contributed by atoms with Crippen LogP contribution < -0.4 is 15.2 Å². The first-order valence-corrected chi connectivity index (χ1v) is 7.77. The zero-order valence-corrected chi connectivity index (χ0v) is 13.5. The smallest absolute Gasteiger partial charge is 0.160 e. The number of unbranched alkanes of at least 4 members (excludes halogenated alkanes) is 3. The minimum Gasteiger partial charge on any atom is -0.493 e. The molecule has 0 aliphatic carbocycles. The lowest BCUT2D eigenvalue weighted by Crippen LogP contribution is -2.26. The number of rotatable bonds is 10. The number of hydrogen-bond acceptors (Lipinski definition) is 4. The molecular formula is C17H29NO3. The summed E-state index contributed by atoms with van der Waals surface area (Å²) in [7, 11) is 3.22. The SMILES string of the molecule is CCCCCCC(O)C(CN)c1ccc(OC)c(OC)c1. The molecule has 0 amide bonds. The van der Waals surface area contributed by atoms with Gasteiger partial charge < -0.3 is 20.3 Å². The Morgan fingerprint density at radius 3 is 2.38 bits per heavy atom. The highest BCUT2D eigenvalue weighted by Gasteiger charge is 2.20. The lowest BCUT2D eigenvalue weighted by molar-refractivity contribution is 0.132. The first kappa shape index (κ1) is 17.8. The molecule has 0 saturated carbocycles. The van der Waals surface area contributed by atoms with Crippen molar-refractivity contribution < 1.29 is 14.6 Å². The van der Waals surface area contributed by atoms with Crippen LogP contribution in [0.5, 0.6) is 11.5 Å². The number of hydrogen-bond donors (Lipinski definition) is 2. The zero-order chi connectivity index (χ0) is 15.7. The highest BCUT2D eigenvalue weighted by Crippen LogP contribution is 2.32. The molecule has 0 heterocycles. The normalized spacial score (nSPS) is 13.8. The first-order chi connectivity index (χ1) is 10.2. The maximum Gasteiger partial charge on any atom is 0.160 e. The molecule has 0 fully saturated rings. The minimum absolute atomic E-state index is 0.0635. The Hall–Kier alpha value is -1.26. The molecule has 2 atom stereocenters. The molecule has 120 valence electrons. The van der Waals surface area contributed by atoms with Crippen molar-refractivity contribution in [3.8, 4) is 11.5 Å². The number of aliphatic hydroxyl groups excluding tert-OH is 1. The van der Waals surface area contributed by atoms with E-state index in [4.69, 9.17) is 15.2 Å². The molecule has 3 N–H and O–H groups in total. The van der Waals surface area contributed by atoms with Gasteiger partial charge in [-0.1, -0.05) is 38.7 Å². The molecule has 0 aromatic heterocycles. The molecule has 0 saturated heterocycles. The number of nitrogens with two attached hydrogens (primary N) is 1. The Bertz CT molecular complexity index is 409. The van der Waals surface area contributed by atoms with Gasteiger partial charge in [-0.05, 0) is 24.1 Å². The van der Waals surface area contributed by atoms with E-state index < -0.39 is 6.10 Å². The summed E-state index contributed by atoms with van der Waals surface area (Å²) in [6.45, 7) is 2.60. The highest BCUT2D eigenvalue weighted by molar-refractivity contribution is 5.44. The van der Waals surface area contributed by atoms with E-state index in [1.54, 1.807) is 14.2 Å². The summed E-state index contributed by atoms with van der Waals surface area (Å²) in [6.07, 6.45) is 5.00. The van der Waals surface area contributed by atoms with Gasteiger partial charge >= 0.3 is 0 Å². The second-order valence-electron chi connectivity index (χ2n) is 5.37. The Morgan fingerprint density at radius 2 is 1.81 bits per heavy atom. The lowest BCUT2D eigenvalue weighted by atomic mass is 9.90. The predicted molar refractivity (Wildman–Crippen MR) is 86.1 cm³/mol. The van der Waals surface area contributed by atoms with Gasteiger partial charge in [0.25, 0.3) is 0 Å². The average molecular weight is 295 g/mol. The number of methoxy groups -OCH3 is 2. The van der Waals surface area contributed by atoms with Gasteiger partial charge in [-0.2, -0.15) is 0 Å². The number of aliphatic hydroxyl groups is 1. The third kappa shape index (κ3) is 5.21. The van der Waals surface area contributed by atoms with E-state index in [-0.39, 0.29) is 5.92 Å². The van der Waals surface area contributed by atoms with Crippen molar-refractivity contribution in [2.45, 2.75) is 51.0 Å². The first-order valence-electron chi connectivity index (χ1n) is 7.77. The van der Waals surface area contributed by atoms with Crippen LogP contribution in [0.15, 0.2) is 18.2 Å². The fraction of sp³-hybridized carbons (Fsp3) is 0.647. The Labute approximate surface area is 128 Å². The summed E-state index contributed by atoms with van der Waals surface area (Å²) in [5.74, 6) is 1.30. The van der Waals surface area contributed by atoms with Crippen molar-refractivity contribution in [3.05, 3.63) is 23.8 Å². The monoisotopic (exact) mass is 295 g/mol. The van der Waals surface area contributed by atoms with Crippen LogP contribution in [0.25, 0.3) is 0 Å². The standard InChI is InChI=1S/C17H29NO3/c1-4-5-6-7-8-15(19)14(12-18)13-9-10-16(20-2)17(11-13)21-3/h9-11,14-15,19H,4-8,12,18H2,1-3H3. The van der Waals surface area contributed by atoms with Gasteiger partial charge in [0.2, 0.25) is 0 Å². The zero-order valence-electron chi connectivity index (χ0n) is 13.5. The minimum atomic E-state index is -0.412. The van der Waals surface area contributed by atoms with Crippen molar-refractivity contribution >= 4 is 0 Å². The summed E-state index contributed by atoms with van der Waals surface area (Å²) in [4.78, 5) is 0. The third-order valence-electron chi connectivity index (χ3n) is 3.91. The van der Waals surface area contributed by atoms with Crippen LogP contribution in [0, 0.1) is 0 Å². The summed E-state index contributed by atoms with van der Waals surface area (Å²) in [6, 6.07) is 5.72. The van der Waals surface area contributed by atoms with Crippen molar-refractivity contribution in [2.24, 2.45) is 5.73 Å². The van der Waals surface area contributed by atoms with Gasteiger partial charge in [0, 0.05) is 12.5 Å². The average Bonchev–Trinajstić information content (AvgIpc) is 2.52. The fourth-order valence-corrected chi connectivity index (χ4v) is 2.58. The predicted octanol–water partition coefficient (Wildman–Crippen LogP) is 3.08. The molecular weight excluding hydrogens is 266 g/mol. The van der Waals surface area contributed by atoms with Gasteiger partial charge in [-0.3, -0.25) is 0 Å². The van der Waals surface area contributed by atoms with Crippen LogP contribution in [0.1, 0.15) is 50.5 Å². The summed E-state index contributed by atoms with van der Waals surface area (Å²) in [5.41, 5.74) is 6.86. The summed E-state index contributed by atoms with van der Waals surface area (Å²) < 4.78 is 10.6. The van der Waals surface area contributed by atoms with E-state index in [1.807, 2.05) is 18.2 Å². The van der Waals surface area contributed by atoms with Crippen molar-refractivity contribution in [2.75, 3.05) is 20.8 Å². The van der Waals surface area contributed by atoms with Crippen LogP contribution in [0.4, 0.5) is 0 Å². The van der Waals surface area contributed by atoms with E-state index in [0.717, 1.165) is 24.8 Å². The largest absolute Gasteiger partial charge is 0.493 e. The fourth-order valence-electron chi connectivity index (χ4n) is 2.58. The number of benzene rings is 1. The molecule has 0 aliphatic heterocycles. The molecule has 0 spiro atoms. The maximum atomic E-state index is 10.4. The van der Waals surface area contributed by atoms with Crippen molar-refractivity contribution in [1.29, 1.82) is 0 Å². The number of ether oxygens (including phenoxy) is 2. The second kappa shape index (κ2) is 9.64.